The van der Waals surface area contributed by atoms with E-state index in [1.54, 1.807) is 12.1 Å². The van der Waals surface area contributed by atoms with Gasteiger partial charge in [0.15, 0.2) is 0 Å². The van der Waals surface area contributed by atoms with Gasteiger partial charge < -0.3 is 9.53 Å². The lowest BCUT2D eigenvalue weighted by molar-refractivity contribution is -0.111. The van der Waals surface area contributed by atoms with Crippen molar-refractivity contribution >= 4 is 12.3 Å². The van der Waals surface area contributed by atoms with Gasteiger partial charge in [0.05, 0.1) is 5.56 Å². The summed E-state index contributed by atoms with van der Waals surface area (Å²) < 4.78 is 5.59. The summed E-state index contributed by atoms with van der Waals surface area (Å²) in [6.07, 6.45) is 3.43. The fourth-order valence-electron chi connectivity index (χ4n) is 3.08. The van der Waals surface area contributed by atoms with Crippen LogP contribution in [-0.2, 0) is 9.53 Å². The summed E-state index contributed by atoms with van der Waals surface area (Å²) in [5, 5.41) is 0. The van der Waals surface area contributed by atoms with Crippen LogP contribution >= 0.6 is 0 Å². The molecule has 88 valence electrons. The number of carbonyl (C=O) groups is 2. The Kier molecular flexibility index (Phi) is 2.28. The van der Waals surface area contributed by atoms with Gasteiger partial charge in [-0.2, -0.15) is 0 Å². The van der Waals surface area contributed by atoms with Gasteiger partial charge in [0.2, 0.25) is 0 Å². The van der Waals surface area contributed by atoms with Crippen LogP contribution in [-0.4, -0.2) is 17.9 Å². The molecule has 3 aliphatic rings. The van der Waals surface area contributed by atoms with Gasteiger partial charge in [-0.25, -0.2) is 4.79 Å². The molecule has 17 heavy (non-hydrogen) atoms. The molecule has 1 aromatic rings. The van der Waals surface area contributed by atoms with E-state index < -0.39 is 0 Å². The lowest BCUT2D eigenvalue weighted by Crippen LogP contribution is -2.40. The van der Waals surface area contributed by atoms with Gasteiger partial charge in [-0.1, -0.05) is 18.2 Å². The van der Waals surface area contributed by atoms with Crippen LogP contribution in [0.15, 0.2) is 30.3 Å². The summed E-state index contributed by atoms with van der Waals surface area (Å²) in [6, 6.07) is 9.01. The number of carbonyl (C=O) groups excluding carboxylic acids is 2. The third-order valence-electron chi connectivity index (χ3n) is 3.98. The second-order valence-electron chi connectivity index (χ2n) is 5.11. The molecule has 3 saturated carbocycles. The summed E-state index contributed by atoms with van der Waals surface area (Å²) in [6.45, 7) is 0. The molecule has 0 spiro atoms. The van der Waals surface area contributed by atoms with E-state index in [2.05, 4.69) is 0 Å². The van der Waals surface area contributed by atoms with Gasteiger partial charge in [-0.05, 0) is 37.3 Å². The topological polar surface area (TPSA) is 43.4 Å². The van der Waals surface area contributed by atoms with Crippen LogP contribution in [0, 0.1) is 11.8 Å². The molecule has 3 aliphatic carbocycles. The van der Waals surface area contributed by atoms with Crippen molar-refractivity contribution in [2.24, 2.45) is 11.8 Å². The third kappa shape index (κ3) is 1.66. The average molecular weight is 230 g/mol. The first-order chi connectivity index (χ1) is 8.22. The van der Waals surface area contributed by atoms with E-state index in [0.29, 0.717) is 17.9 Å². The maximum Gasteiger partial charge on any atom is 0.338 e. The highest BCUT2D eigenvalue weighted by atomic mass is 16.6. The SMILES string of the molecule is O=C[C@@H]1CC2(OC(=O)c3ccccc3)CC1C2. The van der Waals surface area contributed by atoms with Gasteiger partial charge in [0.25, 0.3) is 0 Å². The van der Waals surface area contributed by atoms with Crippen molar-refractivity contribution in [3.8, 4) is 0 Å². The standard InChI is InChI=1S/C14H14O3/c15-9-12-8-14(6-11(12)7-14)17-13(16)10-4-2-1-3-5-10/h1-5,9,11-12H,6-8H2/t11?,12-,14?/m0/s1. The number of benzene rings is 1. The van der Waals surface area contributed by atoms with Crippen molar-refractivity contribution in [2.75, 3.05) is 0 Å². The monoisotopic (exact) mass is 230 g/mol. The van der Waals surface area contributed by atoms with Gasteiger partial charge in [0.1, 0.15) is 11.9 Å². The molecule has 0 N–H and O–H groups in total. The molecule has 3 fully saturated rings. The minimum Gasteiger partial charge on any atom is -0.455 e. The molecular weight excluding hydrogens is 216 g/mol. The summed E-state index contributed by atoms with van der Waals surface area (Å²) in [5.74, 6) is 0.269. The van der Waals surface area contributed by atoms with Crippen molar-refractivity contribution in [1.82, 2.24) is 0 Å². The Labute approximate surface area is 99.8 Å². The maximum atomic E-state index is 11.9. The van der Waals surface area contributed by atoms with Crippen LogP contribution in [0.3, 0.4) is 0 Å². The minimum atomic E-state index is -0.344. The predicted octanol–water partition coefficient (Wildman–Crippen LogP) is 2.21. The number of hydrogen-bond donors (Lipinski definition) is 0. The minimum absolute atomic E-state index is 0.0959. The molecule has 3 heteroatoms. The Morgan fingerprint density at radius 1 is 1.24 bits per heavy atom. The number of ether oxygens (including phenoxy) is 1. The van der Waals surface area contributed by atoms with E-state index in [4.69, 9.17) is 4.74 Å². The second-order valence-corrected chi connectivity index (χ2v) is 5.11. The van der Waals surface area contributed by atoms with E-state index in [9.17, 15) is 9.59 Å². The zero-order valence-corrected chi connectivity index (χ0v) is 9.46. The largest absolute Gasteiger partial charge is 0.455 e. The molecule has 1 atom stereocenters. The zero-order valence-electron chi connectivity index (χ0n) is 9.46. The quantitative estimate of drug-likeness (QED) is 0.590. The first-order valence-electron chi connectivity index (χ1n) is 5.96. The van der Waals surface area contributed by atoms with E-state index in [1.165, 1.54) is 0 Å². The highest BCUT2D eigenvalue weighted by Crippen LogP contribution is 2.57. The molecule has 1 aromatic carbocycles. The molecule has 0 aliphatic heterocycles. The summed E-state index contributed by atoms with van der Waals surface area (Å²) in [7, 11) is 0. The van der Waals surface area contributed by atoms with Gasteiger partial charge in [-0.3, -0.25) is 0 Å². The highest BCUT2D eigenvalue weighted by molar-refractivity contribution is 5.89. The summed E-state index contributed by atoms with van der Waals surface area (Å²) >= 11 is 0. The van der Waals surface area contributed by atoms with E-state index in [-0.39, 0.29) is 17.5 Å². The molecule has 4 rings (SSSR count). The zero-order chi connectivity index (χ0) is 11.9. The normalized spacial score (nSPS) is 33.9. The smallest absolute Gasteiger partial charge is 0.338 e. The Morgan fingerprint density at radius 3 is 2.53 bits per heavy atom. The van der Waals surface area contributed by atoms with E-state index >= 15 is 0 Å². The highest BCUT2D eigenvalue weighted by Gasteiger charge is 2.58. The second kappa shape index (κ2) is 3.69. The summed E-state index contributed by atoms with van der Waals surface area (Å²) in [5.41, 5.74) is 0.239. The van der Waals surface area contributed by atoms with Gasteiger partial charge in [-0.15, -0.1) is 0 Å². The maximum absolute atomic E-state index is 11.9. The third-order valence-corrected chi connectivity index (χ3v) is 3.98. The summed E-state index contributed by atoms with van der Waals surface area (Å²) in [4.78, 5) is 22.7. The van der Waals surface area contributed by atoms with E-state index in [1.807, 2.05) is 18.2 Å². The fourth-order valence-corrected chi connectivity index (χ4v) is 3.08. The van der Waals surface area contributed by atoms with E-state index in [0.717, 1.165) is 19.1 Å². The Bertz CT molecular complexity index is 446. The molecule has 3 nitrogen and oxygen atoms in total. The Hall–Kier alpha value is -1.64. The fraction of sp³-hybridized carbons (Fsp3) is 0.429. The molecule has 0 aromatic heterocycles. The van der Waals surface area contributed by atoms with Crippen LogP contribution < -0.4 is 0 Å². The van der Waals surface area contributed by atoms with Crippen LogP contribution in [0.4, 0.5) is 0 Å². The van der Waals surface area contributed by atoms with Crippen molar-refractivity contribution in [3.63, 3.8) is 0 Å². The number of esters is 1. The molecule has 2 bridgehead atoms. The van der Waals surface area contributed by atoms with Gasteiger partial charge in [0, 0.05) is 5.92 Å². The number of fused-ring (bicyclic) bond motifs is 1. The number of rotatable bonds is 3. The molecule has 0 saturated heterocycles. The van der Waals surface area contributed by atoms with Crippen molar-refractivity contribution in [1.29, 1.82) is 0 Å². The molecule has 0 unspecified atom stereocenters. The van der Waals surface area contributed by atoms with Crippen molar-refractivity contribution in [2.45, 2.75) is 24.9 Å². The predicted molar refractivity (Wildman–Crippen MR) is 61.5 cm³/mol. The molecule has 0 radical (unpaired) electrons. The number of hydrogen-bond acceptors (Lipinski definition) is 3. The van der Waals surface area contributed by atoms with Crippen LogP contribution in [0.25, 0.3) is 0 Å². The molecule has 0 amide bonds. The molecular formula is C14H14O3. The van der Waals surface area contributed by atoms with Crippen molar-refractivity contribution in [3.05, 3.63) is 35.9 Å². The number of aldehydes is 1. The lowest BCUT2D eigenvalue weighted by atomic mass is 9.79. The van der Waals surface area contributed by atoms with Gasteiger partial charge >= 0.3 is 5.97 Å². The Balaban J connectivity index is 1.70. The van der Waals surface area contributed by atoms with Crippen molar-refractivity contribution < 1.29 is 14.3 Å². The lowest BCUT2D eigenvalue weighted by Gasteiger charge is -2.37. The van der Waals surface area contributed by atoms with Crippen LogP contribution in [0.1, 0.15) is 29.6 Å². The first-order valence-corrected chi connectivity index (χ1v) is 5.96. The Morgan fingerprint density at radius 2 is 1.94 bits per heavy atom. The van der Waals surface area contributed by atoms with Crippen LogP contribution in [0.5, 0.6) is 0 Å². The average Bonchev–Trinajstić information content (AvgIpc) is 2.84. The molecule has 0 heterocycles. The van der Waals surface area contributed by atoms with Crippen LogP contribution in [0.2, 0.25) is 0 Å². The first kappa shape index (κ1) is 10.5.